The first-order valence-electron chi connectivity index (χ1n) is 5.84. The number of nitrogens with zero attached hydrogens (tertiary/aromatic N) is 2. The Bertz CT molecular complexity index is 522. The molecule has 0 unspecified atom stereocenters. The lowest BCUT2D eigenvalue weighted by atomic mass is 10.1. The van der Waals surface area contributed by atoms with Crippen LogP contribution in [0.25, 0.3) is 0 Å². The maximum Gasteiger partial charge on any atom is 0.285 e. The van der Waals surface area contributed by atoms with Crippen molar-refractivity contribution in [2.75, 3.05) is 26.8 Å². The molecule has 1 aromatic carbocycles. The number of nitro benzene ring substituents is 1. The monoisotopic (exact) mass is 288 g/mol. The molecular weight excluding hydrogens is 274 g/mol. The number of halogens is 2. The number of likely N-dealkylation sites (N-methyl/N-ethyl adjacent to an activating group) is 1. The molecule has 1 rings (SSSR count). The number of nitro groups is 1. The van der Waals surface area contributed by atoms with Gasteiger partial charge in [-0.15, -0.1) is 0 Å². The second-order valence-corrected chi connectivity index (χ2v) is 3.92. The number of carbonyl (C=O) groups excluding carboxylic acids is 1. The number of amides is 1. The van der Waals surface area contributed by atoms with Gasteiger partial charge in [0.25, 0.3) is 11.6 Å². The molecule has 0 aliphatic rings. The zero-order valence-corrected chi connectivity index (χ0v) is 11.1. The van der Waals surface area contributed by atoms with Crippen molar-refractivity contribution in [3.8, 4) is 0 Å². The average Bonchev–Trinajstić information content (AvgIpc) is 2.41. The summed E-state index contributed by atoms with van der Waals surface area (Å²) in [4.78, 5) is 23.3. The zero-order valence-electron chi connectivity index (χ0n) is 11.1. The minimum atomic E-state index is -1.37. The van der Waals surface area contributed by atoms with Gasteiger partial charge >= 0.3 is 0 Å². The summed E-state index contributed by atoms with van der Waals surface area (Å²) in [5, 5.41) is 10.8. The summed E-state index contributed by atoms with van der Waals surface area (Å²) in [6, 6.07) is 0.956. The molecule has 8 heteroatoms. The van der Waals surface area contributed by atoms with Crippen LogP contribution in [-0.4, -0.2) is 42.5 Å². The highest BCUT2D eigenvalue weighted by molar-refractivity contribution is 5.98. The Balaban J connectivity index is 3.19. The fourth-order valence-electron chi connectivity index (χ4n) is 1.63. The lowest BCUT2D eigenvalue weighted by Gasteiger charge is -2.20. The smallest absolute Gasteiger partial charge is 0.285 e. The summed E-state index contributed by atoms with van der Waals surface area (Å²) in [6.45, 7) is 2.36. The molecule has 0 heterocycles. The summed E-state index contributed by atoms with van der Waals surface area (Å²) < 4.78 is 31.1. The van der Waals surface area contributed by atoms with Gasteiger partial charge < -0.3 is 9.64 Å². The van der Waals surface area contributed by atoms with Gasteiger partial charge in [0.2, 0.25) is 0 Å². The van der Waals surface area contributed by atoms with Crippen molar-refractivity contribution >= 4 is 11.6 Å². The molecule has 110 valence electrons. The van der Waals surface area contributed by atoms with Crippen LogP contribution in [0.5, 0.6) is 0 Å². The average molecular weight is 288 g/mol. The molecule has 1 amide bonds. The van der Waals surface area contributed by atoms with Crippen molar-refractivity contribution in [3.63, 3.8) is 0 Å². The van der Waals surface area contributed by atoms with E-state index in [1.165, 1.54) is 12.0 Å². The number of rotatable bonds is 6. The number of hydrogen-bond donors (Lipinski definition) is 0. The first-order valence-corrected chi connectivity index (χ1v) is 5.84. The quantitative estimate of drug-likeness (QED) is 0.592. The molecule has 20 heavy (non-hydrogen) atoms. The number of carbonyl (C=O) groups is 1. The van der Waals surface area contributed by atoms with Crippen LogP contribution >= 0.6 is 0 Å². The van der Waals surface area contributed by atoms with E-state index in [2.05, 4.69) is 0 Å². The van der Waals surface area contributed by atoms with Gasteiger partial charge in [0, 0.05) is 20.2 Å². The first-order chi connectivity index (χ1) is 9.42. The molecule has 0 bridgehead atoms. The van der Waals surface area contributed by atoms with Gasteiger partial charge in [-0.25, -0.2) is 8.78 Å². The van der Waals surface area contributed by atoms with Gasteiger partial charge in [0.15, 0.2) is 11.6 Å². The van der Waals surface area contributed by atoms with Gasteiger partial charge in [-0.2, -0.15) is 0 Å². The van der Waals surface area contributed by atoms with Gasteiger partial charge in [0.1, 0.15) is 5.56 Å². The molecular formula is C12H14F2N2O4. The highest BCUT2D eigenvalue weighted by Crippen LogP contribution is 2.23. The number of hydrogen-bond acceptors (Lipinski definition) is 4. The molecule has 0 aliphatic heterocycles. The Labute approximate surface area is 114 Å². The summed E-state index contributed by atoms with van der Waals surface area (Å²) in [7, 11) is 1.44. The van der Waals surface area contributed by atoms with E-state index in [1.54, 1.807) is 6.92 Å². The SMILES string of the molecule is CCN(CCOC)C(=O)c1cc(F)c(F)cc1[N+](=O)[O-]. The maximum absolute atomic E-state index is 13.2. The topological polar surface area (TPSA) is 72.7 Å². The van der Waals surface area contributed by atoms with Gasteiger partial charge in [-0.3, -0.25) is 14.9 Å². The lowest BCUT2D eigenvalue weighted by molar-refractivity contribution is -0.385. The van der Waals surface area contributed by atoms with Crippen LogP contribution in [0.3, 0.4) is 0 Å². The van der Waals surface area contributed by atoms with Crippen molar-refractivity contribution in [2.45, 2.75) is 6.92 Å². The maximum atomic E-state index is 13.2. The zero-order chi connectivity index (χ0) is 15.3. The van der Waals surface area contributed by atoms with Crippen LogP contribution < -0.4 is 0 Å². The minimum Gasteiger partial charge on any atom is -0.383 e. The highest BCUT2D eigenvalue weighted by atomic mass is 19.2. The number of benzene rings is 1. The number of ether oxygens (including phenoxy) is 1. The fourth-order valence-corrected chi connectivity index (χ4v) is 1.63. The van der Waals surface area contributed by atoms with Crippen LogP contribution in [0.2, 0.25) is 0 Å². The number of methoxy groups -OCH3 is 1. The molecule has 0 radical (unpaired) electrons. The highest BCUT2D eigenvalue weighted by Gasteiger charge is 2.26. The Morgan fingerprint density at radius 1 is 1.40 bits per heavy atom. The predicted octanol–water partition coefficient (Wildman–Crippen LogP) is 1.98. The molecule has 0 atom stereocenters. The molecule has 6 nitrogen and oxygen atoms in total. The van der Waals surface area contributed by atoms with Gasteiger partial charge in [0.05, 0.1) is 17.6 Å². The van der Waals surface area contributed by atoms with Gasteiger partial charge in [-0.05, 0) is 13.0 Å². The fraction of sp³-hybridized carbons (Fsp3) is 0.417. The normalized spacial score (nSPS) is 10.4. The Morgan fingerprint density at radius 2 is 2.00 bits per heavy atom. The minimum absolute atomic E-state index is 0.196. The van der Waals surface area contributed by atoms with E-state index in [0.717, 1.165) is 0 Å². The largest absolute Gasteiger partial charge is 0.383 e. The molecule has 0 N–H and O–H groups in total. The molecule has 0 aliphatic carbocycles. The third-order valence-electron chi connectivity index (χ3n) is 2.70. The summed E-state index contributed by atoms with van der Waals surface area (Å²) in [5.41, 5.74) is -1.24. The van der Waals surface area contributed by atoms with E-state index >= 15 is 0 Å². The van der Waals surface area contributed by atoms with Crippen LogP contribution in [0, 0.1) is 21.7 Å². The third-order valence-corrected chi connectivity index (χ3v) is 2.70. The van der Waals surface area contributed by atoms with Crippen molar-refractivity contribution in [2.24, 2.45) is 0 Å². The van der Waals surface area contributed by atoms with Crippen molar-refractivity contribution in [1.82, 2.24) is 4.90 Å². The van der Waals surface area contributed by atoms with E-state index in [1.807, 2.05) is 0 Å². The molecule has 0 spiro atoms. The van der Waals surface area contributed by atoms with E-state index in [9.17, 15) is 23.7 Å². The molecule has 0 fully saturated rings. The summed E-state index contributed by atoms with van der Waals surface area (Å²) in [6.07, 6.45) is 0. The molecule has 0 aromatic heterocycles. The van der Waals surface area contributed by atoms with E-state index in [4.69, 9.17) is 4.74 Å². The van der Waals surface area contributed by atoms with Crippen LogP contribution in [0.15, 0.2) is 12.1 Å². The Hall–Kier alpha value is -2.09. The van der Waals surface area contributed by atoms with E-state index in [0.29, 0.717) is 12.1 Å². The third kappa shape index (κ3) is 3.47. The standard InChI is InChI=1S/C12H14F2N2O4/c1-3-15(4-5-20-2)12(17)8-6-9(13)10(14)7-11(8)16(18)19/h6-7H,3-5H2,1-2H3. The second kappa shape index (κ2) is 6.90. The van der Waals surface area contributed by atoms with Gasteiger partial charge in [-0.1, -0.05) is 0 Å². The molecule has 0 saturated carbocycles. The summed E-state index contributed by atoms with van der Waals surface area (Å²) in [5.74, 6) is -3.41. The Morgan fingerprint density at radius 3 is 2.50 bits per heavy atom. The Kier molecular flexibility index (Phi) is 5.51. The van der Waals surface area contributed by atoms with Crippen LogP contribution in [0.1, 0.15) is 17.3 Å². The first kappa shape index (κ1) is 16.0. The van der Waals surface area contributed by atoms with Crippen molar-refractivity contribution < 1.29 is 23.2 Å². The predicted molar refractivity (Wildman–Crippen MR) is 66.5 cm³/mol. The van der Waals surface area contributed by atoms with Crippen LogP contribution in [0.4, 0.5) is 14.5 Å². The molecule has 1 aromatic rings. The van der Waals surface area contributed by atoms with E-state index < -0.39 is 33.7 Å². The van der Waals surface area contributed by atoms with Crippen molar-refractivity contribution in [1.29, 1.82) is 0 Å². The van der Waals surface area contributed by atoms with E-state index in [-0.39, 0.29) is 19.7 Å². The second-order valence-electron chi connectivity index (χ2n) is 3.92. The molecule has 0 saturated heterocycles. The van der Waals surface area contributed by atoms with Crippen LogP contribution in [-0.2, 0) is 4.74 Å². The summed E-state index contributed by atoms with van der Waals surface area (Å²) >= 11 is 0. The lowest BCUT2D eigenvalue weighted by Crippen LogP contribution is -2.34. The van der Waals surface area contributed by atoms with Crippen molar-refractivity contribution in [3.05, 3.63) is 39.4 Å².